The predicted molar refractivity (Wildman–Crippen MR) is 126 cm³/mol. The van der Waals surface area contributed by atoms with E-state index in [1.165, 1.54) is 10.6 Å². The van der Waals surface area contributed by atoms with E-state index in [1.807, 2.05) is 64.1 Å². The number of carbonyl (C=O) groups excluding carboxylic acids is 1. The van der Waals surface area contributed by atoms with Gasteiger partial charge in [-0.15, -0.1) is 0 Å². The van der Waals surface area contributed by atoms with Crippen LogP contribution in [-0.4, -0.2) is 34.2 Å². The minimum Gasteiger partial charge on any atom is -0.496 e. The SMILES string of the molecule is CC[C@@H](NC(=O)CCCN(c1ccc(C)c(C)c1)S(C)(=O)=O)c1ccc(OC)c(C)c1. The first-order valence-electron chi connectivity index (χ1n) is 10.6. The molecular weight excluding hydrogens is 412 g/mol. The van der Waals surface area contributed by atoms with Crippen LogP contribution >= 0.6 is 0 Å². The van der Waals surface area contributed by atoms with Gasteiger partial charge in [0.05, 0.1) is 25.1 Å². The van der Waals surface area contributed by atoms with Crippen LogP contribution in [0, 0.1) is 20.8 Å². The van der Waals surface area contributed by atoms with Gasteiger partial charge in [0.1, 0.15) is 5.75 Å². The highest BCUT2D eigenvalue weighted by atomic mass is 32.2. The molecule has 1 atom stereocenters. The lowest BCUT2D eigenvalue weighted by Gasteiger charge is -2.23. The van der Waals surface area contributed by atoms with E-state index in [2.05, 4.69) is 5.32 Å². The summed E-state index contributed by atoms with van der Waals surface area (Å²) < 4.78 is 31.3. The second-order valence-electron chi connectivity index (χ2n) is 7.96. The molecule has 2 aromatic rings. The highest BCUT2D eigenvalue weighted by Gasteiger charge is 2.19. The molecule has 0 saturated heterocycles. The van der Waals surface area contributed by atoms with E-state index in [9.17, 15) is 13.2 Å². The van der Waals surface area contributed by atoms with E-state index in [0.29, 0.717) is 12.1 Å². The van der Waals surface area contributed by atoms with Crippen LogP contribution in [-0.2, 0) is 14.8 Å². The number of hydrogen-bond donors (Lipinski definition) is 1. The van der Waals surface area contributed by atoms with Crippen LogP contribution in [0.4, 0.5) is 5.69 Å². The lowest BCUT2D eigenvalue weighted by molar-refractivity contribution is -0.121. The third-order valence-corrected chi connectivity index (χ3v) is 6.70. The Morgan fingerprint density at radius 3 is 2.32 bits per heavy atom. The molecule has 0 aliphatic heterocycles. The number of methoxy groups -OCH3 is 1. The predicted octanol–water partition coefficient (Wildman–Crippen LogP) is 4.43. The average Bonchev–Trinajstić information content (AvgIpc) is 2.70. The van der Waals surface area contributed by atoms with E-state index in [1.54, 1.807) is 7.11 Å². The first-order chi connectivity index (χ1) is 14.6. The summed E-state index contributed by atoms with van der Waals surface area (Å²) in [7, 11) is -1.80. The Hall–Kier alpha value is -2.54. The minimum absolute atomic E-state index is 0.0890. The van der Waals surface area contributed by atoms with Gasteiger partial charge in [-0.05, 0) is 74.1 Å². The molecule has 0 aromatic heterocycles. The van der Waals surface area contributed by atoms with Crippen molar-refractivity contribution < 1.29 is 17.9 Å². The number of carbonyl (C=O) groups is 1. The van der Waals surface area contributed by atoms with Crippen LogP contribution < -0.4 is 14.4 Å². The van der Waals surface area contributed by atoms with Crippen molar-refractivity contribution in [2.45, 2.75) is 53.0 Å². The molecule has 0 bridgehead atoms. The molecule has 6 nitrogen and oxygen atoms in total. The lowest BCUT2D eigenvalue weighted by atomic mass is 10.0. The summed E-state index contributed by atoms with van der Waals surface area (Å²) in [6, 6.07) is 11.4. The molecule has 0 unspecified atom stereocenters. The Morgan fingerprint density at radius 2 is 1.77 bits per heavy atom. The summed E-state index contributed by atoms with van der Waals surface area (Å²) in [4.78, 5) is 12.6. The summed E-state index contributed by atoms with van der Waals surface area (Å²) in [5.74, 6) is 0.728. The molecule has 0 radical (unpaired) electrons. The van der Waals surface area contributed by atoms with Gasteiger partial charge in [0.25, 0.3) is 0 Å². The summed E-state index contributed by atoms with van der Waals surface area (Å²) in [6.45, 7) is 8.20. The standard InChI is InChI=1S/C24H34N2O4S/c1-7-22(20-11-13-23(30-5)19(4)15-20)25-24(27)9-8-14-26(31(6,28)29)21-12-10-17(2)18(3)16-21/h10-13,15-16,22H,7-9,14H2,1-6H3,(H,25,27)/t22-/m1/s1. The molecule has 2 aromatic carbocycles. The van der Waals surface area contributed by atoms with Crippen LogP contribution in [0.1, 0.15) is 54.5 Å². The molecule has 0 aliphatic rings. The fourth-order valence-electron chi connectivity index (χ4n) is 3.56. The number of sulfonamides is 1. The number of aryl methyl sites for hydroxylation is 3. The molecule has 7 heteroatoms. The molecule has 0 saturated carbocycles. The van der Waals surface area contributed by atoms with Gasteiger partial charge in [-0.2, -0.15) is 0 Å². The van der Waals surface area contributed by atoms with Gasteiger partial charge in [-0.25, -0.2) is 8.42 Å². The van der Waals surface area contributed by atoms with Gasteiger partial charge in [-0.3, -0.25) is 9.10 Å². The van der Waals surface area contributed by atoms with Crippen molar-refractivity contribution in [2.75, 3.05) is 24.2 Å². The van der Waals surface area contributed by atoms with Crippen molar-refractivity contribution >= 4 is 21.6 Å². The van der Waals surface area contributed by atoms with Crippen LogP contribution in [0.2, 0.25) is 0 Å². The molecule has 0 heterocycles. The van der Waals surface area contributed by atoms with Crippen molar-refractivity contribution in [3.8, 4) is 5.75 Å². The molecular formula is C24H34N2O4S. The second kappa shape index (κ2) is 10.7. The van der Waals surface area contributed by atoms with E-state index in [4.69, 9.17) is 4.74 Å². The smallest absolute Gasteiger partial charge is 0.232 e. The molecule has 2 rings (SSSR count). The third-order valence-electron chi connectivity index (χ3n) is 5.51. The number of hydrogen-bond acceptors (Lipinski definition) is 4. The zero-order valence-corrected chi connectivity index (χ0v) is 20.2. The van der Waals surface area contributed by atoms with Gasteiger partial charge < -0.3 is 10.1 Å². The van der Waals surface area contributed by atoms with Crippen molar-refractivity contribution in [3.63, 3.8) is 0 Å². The maximum absolute atomic E-state index is 12.6. The van der Waals surface area contributed by atoms with Crippen molar-refractivity contribution in [2.24, 2.45) is 0 Å². The first kappa shape index (κ1) is 24.7. The molecule has 1 amide bonds. The van der Waals surface area contributed by atoms with Gasteiger partial charge in [0, 0.05) is 13.0 Å². The Bertz CT molecular complexity index is 1020. The molecule has 1 N–H and O–H groups in total. The van der Waals surface area contributed by atoms with Crippen LogP contribution in [0.3, 0.4) is 0 Å². The lowest BCUT2D eigenvalue weighted by Crippen LogP contribution is -2.33. The Kier molecular flexibility index (Phi) is 8.51. The number of rotatable bonds is 10. The number of nitrogens with zero attached hydrogens (tertiary/aromatic N) is 1. The Labute approximate surface area is 186 Å². The van der Waals surface area contributed by atoms with Gasteiger partial charge in [-0.1, -0.05) is 25.1 Å². The second-order valence-corrected chi connectivity index (χ2v) is 9.87. The van der Waals surface area contributed by atoms with Crippen molar-refractivity contribution in [3.05, 3.63) is 58.7 Å². The number of amides is 1. The topological polar surface area (TPSA) is 75.7 Å². The number of anilines is 1. The largest absolute Gasteiger partial charge is 0.496 e. The summed E-state index contributed by atoms with van der Waals surface area (Å²) in [6.07, 6.45) is 2.64. The van der Waals surface area contributed by atoms with Gasteiger partial charge in [0.15, 0.2) is 0 Å². The summed E-state index contributed by atoms with van der Waals surface area (Å²) in [5, 5.41) is 3.07. The number of nitrogens with one attached hydrogen (secondary N) is 1. The molecule has 0 aliphatic carbocycles. The zero-order valence-electron chi connectivity index (χ0n) is 19.4. The highest BCUT2D eigenvalue weighted by molar-refractivity contribution is 7.92. The summed E-state index contributed by atoms with van der Waals surface area (Å²) >= 11 is 0. The van der Waals surface area contributed by atoms with Crippen LogP contribution in [0.25, 0.3) is 0 Å². The minimum atomic E-state index is -3.44. The zero-order chi connectivity index (χ0) is 23.2. The van der Waals surface area contributed by atoms with Gasteiger partial charge >= 0.3 is 0 Å². The monoisotopic (exact) mass is 446 g/mol. The van der Waals surface area contributed by atoms with Crippen molar-refractivity contribution in [1.29, 1.82) is 0 Å². The quantitative estimate of drug-likeness (QED) is 0.586. The fraction of sp³-hybridized carbons (Fsp3) is 0.458. The normalized spacial score (nSPS) is 12.3. The molecule has 170 valence electrons. The molecule has 0 spiro atoms. The van der Waals surface area contributed by atoms with E-state index >= 15 is 0 Å². The Balaban J connectivity index is 2.01. The fourth-order valence-corrected chi connectivity index (χ4v) is 4.51. The van der Waals surface area contributed by atoms with E-state index < -0.39 is 10.0 Å². The first-order valence-corrected chi connectivity index (χ1v) is 12.4. The highest BCUT2D eigenvalue weighted by Crippen LogP contribution is 2.25. The van der Waals surface area contributed by atoms with Crippen molar-refractivity contribution in [1.82, 2.24) is 5.32 Å². The number of benzene rings is 2. The van der Waals surface area contributed by atoms with E-state index in [-0.39, 0.29) is 24.9 Å². The Morgan fingerprint density at radius 1 is 1.06 bits per heavy atom. The maximum Gasteiger partial charge on any atom is 0.232 e. The summed E-state index contributed by atoms with van der Waals surface area (Å²) in [5.41, 5.74) is 4.82. The van der Waals surface area contributed by atoms with Crippen LogP contribution in [0.15, 0.2) is 36.4 Å². The van der Waals surface area contributed by atoms with Gasteiger partial charge in [0.2, 0.25) is 15.9 Å². The molecule has 31 heavy (non-hydrogen) atoms. The maximum atomic E-state index is 12.6. The average molecular weight is 447 g/mol. The number of ether oxygens (including phenoxy) is 1. The molecule has 0 fully saturated rings. The van der Waals surface area contributed by atoms with Crippen LogP contribution in [0.5, 0.6) is 5.75 Å². The van der Waals surface area contributed by atoms with E-state index in [0.717, 1.165) is 34.4 Å². The third kappa shape index (κ3) is 6.72.